The van der Waals surface area contributed by atoms with Crippen molar-refractivity contribution in [3.05, 3.63) is 40.1 Å². The molecule has 2 fully saturated rings. The normalized spacial score (nSPS) is 19.8. The summed E-state index contributed by atoms with van der Waals surface area (Å²) in [6.07, 6.45) is 10.1. The Balaban J connectivity index is 1.20. The smallest absolute Gasteiger partial charge is 0.307 e. The van der Waals surface area contributed by atoms with Gasteiger partial charge in [0.1, 0.15) is 0 Å². The number of nitrogens with zero attached hydrogens (tertiary/aromatic N) is 3. The van der Waals surface area contributed by atoms with E-state index >= 15 is 0 Å². The van der Waals surface area contributed by atoms with Gasteiger partial charge in [0, 0.05) is 30.4 Å². The summed E-state index contributed by atoms with van der Waals surface area (Å²) in [6.45, 7) is 3.13. The molecule has 1 saturated carbocycles. The van der Waals surface area contributed by atoms with Gasteiger partial charge >= 0.3 is 6.03 Å². The summed E-state index contributed by atoms with van der Waals surface area (Å²) in [6, 6.07) is 3.51. The molecule has 0 radical (unpaired) electrons. The van der Waals surface area contributed by atoms with Gasteiger partial charge in [0.05, 0.1) is 6.04 Å². The first-order valence-electron chi connectivity index (χ1n) is 12.3. The minimum Gasteiger partial charge on any atom is -0.307 e. The maximum Gasteiger partial charge on any atom is 0.333 e. The summed E-state index contributed by atoms with van der Waals surface area (Å²) in [5.74, 6) is 0. The molecule has 8 nitrogen and oxygen atoms in total. The highest BCUT2D eigenvalue weighted by atomic mass is 32.2. The lowest BCUT2D eigenvalue weighted by molar-refractivity contribution is 0.182. The number of urea groups is 1. The van der Waals surface area contributed by atoms with E-state index in [-0.39, 0.29) is 11.1 Å². The van der Waals surface area contributed by atoms with Crippen LogP contribution in [0.1, 0.15) is 66.1 Å². The molecule has 2 heterocycles. The van der Waals surface area contributed by atoms with Gasteiger partial charge in [-0.25, -0.2) is 9.52 Å². The highest BCUT2D eigenvalue weighted by Gasteiger charge is 2.32. The van der Waals surface area contributed by atoms with E-state index in [2.05, 4.69) is 26.1 Å². The van der Waals surface area contributed by atoms with Crippen molar-refractivity contribution in [2.75, 3.05) is 25.0 Å². The number of carbonyl (C=O) groups is 1. The molecular formula is C24H31N5O3S. The Morgan fingerprint density at radius 3 is 2.30 bits per heavy atom. The molecule has 0 bridgehead atoms. The first-order chi connectivity index (χ1) is 16.0. The fraction of sp³-hybridized carbons (Fsp3) is 0.583. The maximum absolute atomic E-state index is 13.1. The van der Waals surface area contributed by atoms with Crippen LogP contribution in [0.3, 0.4) is 0 Å². The predicted molar refractivity (Wildman–Crippen MR) is 125 cm³/mol. The second-order valence-corrected chi connectivity index (χ2v) is 11.5. The zero-order valence-electron chi connectivity index (χ0n) is 18.9. The monoisotopic (exact) mass is 469 g/mol. The average Bonchev–Trinajstić information content (AvgIpc) is 3.14. The third kappa shape index (κ3) is 4.05. The second kappa shape index (κ2) is 8.13. The lowest BCUT2D eigenvalue weighted by Crippen LogP contribution is -2.38. The number of aromatic nitrogens is 2. The predicted octanol–water partition coefficient (Wildman–Crippen LogP) is 2.95. The summed E-state index contributed by atoms with van der Waals surface area (Å²) in [5, 5.41) is 7.26. The number of sulfonamides is 1. The summed E-state index contributed by atoms with van der Waals surface area (Å²) < 4.78 is 30.2. The van der Waals surface area contributed by atoms with E-state index in [1.807, 2.05) is 4.68 Å². The van der Waals surface area contributed by atoms with E-state index in [1.54, 1.807) is 6.07 Å². The van der Waals surface area contributed by atoms with Gasteiger partial charge in [0.15, 0.2) is 5.03 Å². The van der Waals surface area contributed by atoms with Crippen LogP contribution in [0.25, 0.3) is 0 Å². The number of rotatable bonds is 7. The molecule has 1 aromatic heterocycles. The molecule has 0 unspecified atom stereocenters. The average molecular weight is 470 g/mol. The topological polar surface area (TPSA) is 96.3 Å². The van der Waals surface area contributed by atoms with Crippen LogP contribution in [-0.2, 0) is 42.1 Å². The van der Waals surface area contributed by atoms with Gasteiger partial charge in [-0.2, -0.15) is 13.5 Å². The molecule has 3 aliphatic carbocycles. The van der Waals surface area contributed by atoms with Crippen molar-refractivity contribution in [3.8, 4) is 0 Å². The van der Waals surface area contributed by atoms with Crippen molar-refractivity contribution in [2.24, 2.45) is 0 Å². The molecule has 2 N–H and O–H groups in total. The lowest BCUT2D eigenvalue weighted by Gasteiger charge is -2.30. The van der Waals surface area contributed by atoms with E-state index in [4.69, 9.17) is 0 Å². The van der Waals surface area contributed by atoms with E-state index in [9.17, 15) is 13.2 Å². The standard InChI is InChI=1S/C24H31N5O3S/c30-24(25-23-20-6-1-4-16(20)14-17-5-2-7-21(17)23)27-33(31,32)22-15-19(10-13-28-11-3-12-28)29(26-22)18-8-9-18/h14-15,18H,1-13H2,(H2,25,27,30). The first kappa shape index (κ1) is 21.2. The SMILES string of the molecule is O=C(Nc1c2c(cc3c1CCC3)CCC2)NS(=O)(=O)c1cc(CCN2CCC2)n(C2CC2)n1. The number of anilines is 1. The molecule has 176 valence electrons. The van der Waals surface area contributed by atoms with Gasteiger partial charge in [-0.05, 0) is 93.1 Å². The number of aryl methyl sites for hydroxylation is 2. The fourth-order valence-electron chi connectivity index (χ4n) is 5.52. The summed E-state index contributed by atoms with van der Waals surface area (Å²) in [7, 11) is -4.05. The van der Waals surface area contributed by atoms with Crippen molar-refractivity contribution < 1.29 is 13.2 Å². The van der Waals surface area contributed by atoms with Crippen LogP contribution >= 0.6 is 0 Å². The fourth-order valence-corrected chi connectivity index (χ4v) is 6.41. The molecular weight excluding hydrogens is 438 g/mol. The molecule has 2 aromatic rings. The Morgan fingerprint density at radius 1 is 1.00 bits per heavy atom. The van der Waals surface area contributed by atoms with Gasteiger partial charge in [0.25, 0.3) is 10.0 Å². The molecule has 1 aromatic carbocycles. The van der Waals surface area contributed by atoms with E-state index < -0.39 is 16.1 Å². The van der Waals surface area contributed by atoms with Crippen molar-refractivity contribution >= 4 is 21.7 Å². The molecule has 1 saturated heterocycles. The number of nitrogens with one attached hydrogen (secondary N) is 2. The Bertz CT molecular complexity index is 1180. The summed E-state index contributed by atoms with van der Waals surface area (Å²) in [5.41, 5.74) is 6.71. The molecule has 9 heteroatoms. The van der Waals surface area contributed by atoms with Crippen LogP contribution in [0.15, 0.2) is 17.2 Å². The van der Waals surface area contributed by atoms with Gasteiger partial charge < -0.3 is 10.2 Å². The van der Waals surface area contributed by atoms with Gasteiger partial charge in [0.2, 0.25) is 0 Å². The number of likely N-dealkylation sites (tertiary alicyclic amines) is 1. The Hall–Kier alpha value is -2.39. The molecule has 2 amide bonds. The molecule has 0 atom stereocenters. The zero-order valence-corrected chi connectivity index (χ0v) is 19.7. The van der Waals surface area contributed by atoms with Gasteiger partial charge in [-0.15, -0.1) is 0 Å². The summed E-state index contributed by atoms with van der Waals surface area (Å²) >= 11 is 0. The van der Waals surface area contributed by atoms with Crippen LogP contribution in [0.2, 0.25) is 0 Å². The molecule has 1 aliphatic heterocycles. The molecule has 33 heavy (non-hydrogen) atoms. The van der Waals surface area contributed by atoms with Gasteiger partial charge in [-0.3, -0.25) is 4.68 Å². The number of benzene rings is 1. The van der Waals surface area contributed by atoms with Crippen molar-refractivity contribution in [1.82, 2.24) is 19.4 Å². The Labute approximate surface area is 194 Å². The Morgan fingerprint density at radius 2 is 1.70 bits per heavy atom. The second-order valence-electron chi connectivity index (χ2n) is 9.89. The molecule has 0 spiro atoms. The van der Waals surface area contributed by atoms with Crippen molar-refractivity contribution in [1.29, 1.82) is 0 Å². The van der Waals surface area contributed by atoms with Crippen LogP contribution in [0, 0.1) is 0 Å². The van der Waals surface area contributed by atoms with Crippen LogP contribution in [0.4, 0.5) is 10.5 Å². The minimum absolute atomic E-state index is 0.0633. The van der Waals surface area contributed by atoms with Gasteiger partial charge in [-0.1, -0.05) is 6.07 Å². The number of carbonyl (C=O) groups excluding carboxylic acids is 1. The first-order valence-corrected chi connectivity index (χ1v) is 13.8. The van der Waals surface area contributed by atoms with E-state index in [0.717, 1.165) is 88.8 Å². The molecule has 4 aliphatic rings. The highest BCUT2D eigenvalue weighted by molar-refractivity contribution is 7.90. The third-order valence-corrected chi connectivity index (χ3v) is 8.73. The summed E-state index contributed by atoms with van der Waals surface area (Å²) in [4.78, 5) is 15.2. The van der Waals surface area contributed by atoms with Crippen LogP contribution in [0.5, 0.6) is 0 Å². The number of hydrogen-bond donors (Lipinski definition) is 2. The largest absolute Gasteiger partial charge is 0.333 e. The van der Waals surface area contributed by atoms with Crippen LogP contribution in [-0.4, -0.2) is 48.8 Å². The third-order valence-electron chi connectivity index (χ3n) is 7.53. The number of fused-ring (bicyclic) bond motifs is 2. The number of amides is 2. The minimum atomic E-state index is -4.05. The lowest BCUT2D eigenvalue weighted by atomic mass is 9.99. The van der Waals surface area contributed by atoms with Crippen molar-refractivity contribution in [3.63, 3.8) is 0 Å². The van der Waals surface area contributed by atoms with Crippen molar-refractivity contribution in [2.45, 2.75) is 75.3 Å². The Kier molecular flexibility index (Phi) is 5.21. The van der Waals surface area contributed by atoms with E-state index in [1.165, 1.54) is 28.7 Å². The maximum atomic E-state index is 13.1. The highest BCUT2D eigenvalue weighted by Crippen LogP contribution is 2.39. The zero-order chi connectivity index (χ0) is 22.6. The molecule has 6 rings (SSSR count). The quantitative estimate of drug-likeness (QED) is 0.650. The number of hydrogen-bond acceptors (Lipinski definition) is 5. The van der Waals surface area contributed by atoms with E-state index in [0.29, 0.717) is 0 Å². The van der Waals surface area contributed by atoms with Crippen LogP contribution < -0.4 is 10.0 Å².